The molecule has 1 aromatic carbocycles. The molecule has 0 spiro atoms. The van der Waals surface area contributed by atoms with Crippen molar-refractivity contribution in [2.24, 2.45) is 0 Å². The summed E-state index contributed by atoms with van der Waals surface area (Å²) in [4.78, 5) is 16.4. The van der Waals surface area contributed by atoms with E-state index in [9.17, 15) is 4.79 Å². The third-order valence-corrected chi connectivity index (χ3v) is 3.73. The molecule has 0 bridgehead atoms. The van der Waals surface area contributed by atoms with E-state index in [4.69, 9.17) is 0 Å². The molecule has 1 aliphatic heterocycles. The first-order chi connectivity index (χ1) is 9.22. The van der Waals surface area contributed by atoms with Gasteiger partial charge in [-0.15, -0.1) is 12.4 Å². The molecule has 1 N–H and O–H groups in total. The molecule has 20 heavy (non-hydrogen) atoms. The minimum Gasteiger partial charge on any atom is -0.315 e. The Balaban J connectivity index is 0.00000200. The van der Waals surface area contributed by atoms with Crippen LogP contribution in [0.15, 0.2) is 30.3 Å². The molecule has 112 valence electrons. The molecular formula is C15H24ClN3O. The molecule has 1 heterocycles. The summed E-state index contributed by atoms with van der Waals surface area (Å²) in [6, 6.07) is 10.4. The van der Waals surface area contributed by atoms with Crippen molar-refractivity contribution >= 4 is 24.0 Å². The monoisotopic (exact) mass is 297 g/mol. The van der Waals surface area contributed by atoms with E-state index in [-0.39, 0.29) is 18.3 Å². The summed E-state index contributed by atoms with van der Waals surface area (Å²) >= 11 is 0. The maximum Gasteiger partial charge on any atom is 0.241 e. The zero-order chi connectivity index (χ0) is 13.7. The molecule has 0 aromatic heterocycles. The molecule has 1 aliphatic rings. The highest BCUT2D eigenvalue weighted by Gasteiger charge is 2.23. The molecule has 1 fully saturated rings. The number of hydrogen-bond acceptors (Lipinski definition) is 3. The number of carbonyl (C=O) groups is 1. The highest BCUT2D eigenvalue weighted by molar-refractivity contribution is 5.94. The van der Waals surface area contributed by atoms with Crippen LogP contribution in [0.5, 0.6) is 0 Å². The molecule has 2 rings (SSSR count). The van der Waals surface area contributed by atoms with Gasteiger partial charge in [-0.2, -0.15) is 0 Å². The SMILES string of the molecule is CCN(C(=O)CN(C)C1CCNC1)c1ccccc1.Cl. The average Bonchev–Trinajstić information content (AvgIpc) is 2.94. The van der Waals surface area contributed by atoms with Crippen LogP contribution in [0.4, 0.5) is 5.69 Å². The first kappa shape index (κ1) is 17.0. The summed E-state index contributed by atoms with van der Waals surface area (Å²) in [6.07, 6.45) is 1.13. The summed E-state index contributed by atoms with van der Waals surface area (Å²) in [7, 11) is 2.04. The van der Waals surface area contributed by atoms with Gasteiger partial charge in [-0.05, 0) is 39.1 Å². The zero-order valence-corrected chi connectivity index (χ0v) is 13.0. The Labute approximate surface area is 127 Å². The molecular weight excluding hydrogens is 274 g/mol. The average molecular weight is 298 g/mol. The van der Waals surface area contributed by atoms with Crippen molar-refractivity contribution in [3.05, 3.63) is 30.3 Å². The van der Waals surface area contributed by atoms with Gasteiger partial charge in [0.05, 0.1) is 6.54 Å². The lowest BCUT2D eigenvalue weighted by atomic mass is 10.2. The Kier molecular flexibility index (Phi) is 6.99. The summed E-state index contributed by atoms with van der Waals surface area (Å²) in [5, 5.41) is 3.33. The van der Waals surface area contributed by atoms with Crippen molar-refractivity contribution in [2.45, 2.75) is 19.4 Å². The van der Waals surface area contributed by atoms with Crippen molar-refractivity contribution in [3.8, 4) is 0 Å². The highest BCUT2D eigenvalue weighted by Crippen LogP contribution is 2.14. The van der Waals surface area contributed by atoms with E-state index in [2.05, 4.69) is 10.2 Å². The molecule has 1 amide bonds. The number of nitrogens with one attached hydrogen (secondary N) is 1. The molecule has 0 saturated carbocycles. The molecule has 0 radical (unpaired) electrons. The van der Waals surface area contributed by atoms with Crippen molar-refractivity contribution in [1.82, 2.24) is 10.2 Å². The third kappa shape index (κ3) is 4.20. The van der Waals surface area contributed by atoms with E-state index in [1.54, 1.807) is 0 Å². The van der Waals surface area contributed by atoms with Crippen LogP contribution in [-0.2, 0) is 4.79 Å². The second-order valence-corrected chi connectivity index (χ2v) is 5.04. The van der Waals surface area contributed by atoms with Gasteiger partial charge in [0.1, 0.15) is 0 Å². The fourth-order valence-corrected chi connectivity index (χ4v) is 2.55. The van der Waals surface area contributed by atoms with E-state index in [0.717, 1.165) is 25.2 Å². The number of amides is 1. The first-order valence-corrected chi connectivity index (χ1v) is 6.98. The molecule has 1 atom stereocenters. The molecule has 1 aromatic rings. The number of para-hydroxylation sites is 1. The number of benzene rings is 1. The Morgan fingerprint density at radius 3 is 2.60 bits per heavy atom. The molecule has 5 heteroatoms. The predicted molar refractivity (Wildman–Crippen MR) is 85.6 cm³/mol. The van der Waals surface area contributed by atoms with E-state index >= 15 is 0 Å². The van der Waals surface area contributed by atoms with Crippen LogP contribution < -0.4 is 10.2 Å². The van der Waals surface area contributed by atoms with Gasteiger partial charge in [-0.1, -0.05) is 18.2 Å². The second kappa shape index (κ2) is 8.25. The van der Waals surface area contributed by atoms with Crippen molar-refractivity contribution < 1.29 is 4.79 Å². The predicted octanol–water partition coefficient (Wildman–Crippen LogP) is 1.75. The van der Waals surface area contributed by atoms with Gasteiger partial charge in [0, 0.05) is 24.8 Å². The standard InChI is InChI=1S/C15H23N3O.ClH/c1-3-18(13-7-5-4-6-8-13)15(19)12-17(2)14-9-10-16-11-14;/h4-8,14,16H,3,9-12H2,1-2H3;1H. The number of rotatable bonds is 5. The molecule has 4 nitrogen and oxygen atoms in total. The third-order valence-electron chi connectivity index (χ3n) is 3.73. The van der Waals surface area contributed by atoms with E-state index in [0.29, 0.717) is 19.1 Å². The Bertz CT molecular complexity index is 407. The lowest BCUT2D eigenvalue weighted by molar-refractivity contribution is -0.119. The maximum atomic E-state index is 12.4. The van der Waals surface area contributed by atoms with Gasteiger partial charge in [0.2, 0.25) is 5.91 Å². The number of anilines is 1. The number of likely N-dealkylation sites (N-methyl/N-ethyl adjacent to an activating group) is 2. The van der Waals surface area contributed by atoms with Gasteiger partial charge in [0.25, 0.3) is 0 Å². The van der Waals surface area contributed by atoms with Crippen molar-refractivity contribution in [2.75, 3.05) is 38.1 Å². The van der Waals surface area contributed by atoms with Gasteiger partial charge < -0.3 is 10.2 Å². The second-order valence-electron chi connectivity index (χ2n) is 5.04. The van der Waals surface area contributed by atoms with E-state index in [1.165, 1.54) is 0 Å². The molecule has 0 aliphatic carbocycles. The van der Waals surface area contributed by atoms with E-state index in [1.807, 2.05) is 49.2 Å². The quantitative estimate of drug-likeness (QED) is 0.899. The smallest absolute Gasteiger partial charge is 0.241 e. The van der Waals surface area contributed by atoms with Crippen LogP contribution in [-0.4, -0.2) is 50.1 Å². The fourth-order valence-electron chi connectivity index (χ4n) is 2.55. The Hall–Kier alpha value is -1.10. The van der Waals surface area contributed by atoms with Gasteiger partial charge in [-0.3, -0.25) is 9.69 Å². The summed E-state index contributed by atoms with van der Waals surface area (Å²) in [6.45, 7) is 5.25. The topological polar surface area (TPSA) is 35.6 Å². The number of nitrogens with zero attached hydrogens (tertiary/aromatic N) is 2. The largest absolute Gasteiger partial charge is 0.315 e. The van der Waals surface area contributed by atoms with Crippen LogP contribution in [0.2, 0.25) is 0 Å². The zero-order valence-electron chi connectivity index (χ0n) is 12.2. The summed E-state index contributed by atoms with van der Waals surface area (Å²) in [5.41, 5.74) is 0.980. The van der Waals surface area contributed by atoms with Crippen molar-refractivity contribution in [3.63, 3.8) is 0 Å². The summed E-state index contributed by atoms with van der Waals surface area (Å²) in [5.74, 6) is 0.170. The van der Waals surface area contributed by atoms with Crippen LogP contribution in [0.3, 0.4) is 0 Å². The van der Waals surface area contributed by atoms with Crippen LogP contribution in [0, 0.1) is 0 Å². The number of halogens is 1. The Morgan fingerprint density at radius 1 is 1.35 bits per heavy atom. The Morgan fingerprint density at radius 2 is 2.05 bits per heavy atom. The summed E-state index contributed by atoms with van der Waals surface area (Å²) < 4.78 is 0. The van der Waals surface area contributed by atoms with Crippen LogP contribution in [0.25, 0.3) is 0 Å². The fraction of sp³-hybridized carbons (Fsp3) is 0.533. The van der Waals surface area contributed by atoms with Crippen LogP contribution >= 0.6 is 12.4 Å². The minimum atomic E-state index is 0. The van der Waals surface area contributed by atoms with Gasteiger partial charge in [0.15, 0.2) is 0 Å². The minimum absolute atomic E-state index is 0. The normalized spacial score (nSPS) is 17.9. The maximum absolute atomic E-state index is 12.4. The number of hydrogen-bond donors (Lipinski definition) is 1. The molecule has 1 saturated heterocycles. The van der Waals surface area contributed by atoms with Crippen LogP contribution in [0.1, 0.15) is 13.3 Å². The van der Waals surface area contributed by atoms with Crippen molar-refractivity contribution in [1.29, 1.82) is 0 Å². The van der Waals surface area contributed by atoms with E-state index < -0.39 is 0 Å². The van der Waals surface area contributed by atoms with Gasteiger partial charge >= 0.3 is 0 Å². The lowest BCUT2D eigenvalue weighted by Crippen LogP contribution is -2.43. The first-order valence-electron chi connectivity index (χ1n) is 6.98. The number of carbonyl (C=O) groups excluding carboxylic acids is 1. The molecule has 1 unspecified atom stereocenters. The lowest BCUT2D eigenvalue weighted by Gasteiger charge is -2.27. The highest BCUT2D eigenvalue weighted by atomic mass is 35.5. The van der Waals surface area contributed by atoms with Gasteiger partial charge in [-0.25, -0.2) is 0 Å².